The highest BCUT2D eigenvalue weighted by molar-refractivity contribution is 5.99. The second kappa shape index (κ2) is 9.32. The highest BCUT2D eigenvalue weighted by Crippen LogP contribution is 2.33. The first-order valence-corrected chi connectivity index (χ1v) is 11.5. The van der Waals surface area contributed by atoms with Gasteiger partial charge in [0, 0.05) is 41.7 Å². The first-order valence-electron chi connectivity index (χ1n) is 11.5. The van der Waals surface area contributed by atoms with Crippen LogP contribution in [0.2, 0.25) is 0 Å². The Morgan fingerprint density at radius 2 is 1.89 bits per heavy atom. The van der Waals surface area contributed by atoms with Gasteiger partial charge in [-0.3, -0.25) is 14.4 Å². The molecule has 1 fully saturated rings. The van der Waals surface area contributed by atoms with Crippen LogP contribution in [0.1, 0.15) is 33.9 Å². The summed E-state index contributed by atoms with van der Waals surface area (Å²) in [6, 6.07) is 11.0. The van der Waals surface area contributed by atoms with Crippen molar-refractivity contribution in [2.24, 2.45) is 5.92 Å². The molecule has 0 N–H and O–H groups in total. The van der Waals surface area contributed by atoms with Crippen LogP contribution < -0.4 is 9.47 Å². The molecular weight excluding hydrogens is 452 g/mol. The Hall–Kier alpha value is -4.01. The molecule has 9 heteroatoms. The summed E-state index contributed by atoms with van der Waals surface area (Å²) >= 11 is 0. The Kier molecular flexibility index (Phi) is 6.07. The summed E-state index contributed by atoms with van der Waals surface area (Å²) in [5.74, 6) is 0.416. The van der Waals surface area contributed by atoms with Crippen molar-refractivity contribution in [2.45, 2.75) is 26.8 Å². The quantitative estimate of drug-likeness (QED) is 0.380. The molecule has 0 bridgehead atoms. The van der Waals surface area contributed by atoms with Crippen LogP contribution in [0, 0.1) is 19.8 Å². The van der Waals surface area contributed by atoms with Crippen LogP contribution in [0.5, 0.6) is 11.5 Å². The largest absolute Gasteiger partial charge is 0.486 e. The molecule has 5 rings (SSSR count). The van der Waals surface area contributed by atoms with E-state index in [1.165, 1.54) is 6.26 Å². The van der Waals surface area contributed by atoms with Gasteiger partial charge in [0.2, 0.25) is 11.7 Å². The van der Waals surface area contributed by atoms with Crippen molar-refractivity contribution in [3.8, 4) is 17.2 Å². The van der Waals surface area contributed by atoms with Gasteiger partial charge in [0.25, 0.3) is 0 Å². The fourth-order valence-corrected chi connectivity index (χ4v) is 4.62. The van der Waals surface area contributed by atoms with Crippen molar-refractivity contribution in [1.29, 1.82) is 0 Å². The third kappa shape index (κ3) is 4.53. The maximum absolute atomic E-state index is 12.9. The molecule has 0 spiro atoms. The average Bonchev–Trinajstić information content (AvgIpc) is 3.57. The number of aromatic nitrogens is 1. The van der Waals surface area contributed by atoms with E-state index < -0.39 is 11.9 Å². The van der Waals surface area contributed by atoms with E-state index >= 15 is 0 Å². The zero-order valence-corrected chi connectivity index (χ0v) is 19.6. The lowest BCUT2D eigenvalue weighted by Gasteiger charge is -2.20. The van der Waals surface area contributed by atoms with Gasteiger partial charge in [-0.1, -0.05) is 0 Å². The standard InChI is InChI=1S/C26H26N2O7/c1-16-10-21(17(2)28(16)19-5-6-23-24(12-19)34-9-8-33-23)22(29)15-35-26(31)18-11-25(30)27(13-18)14-20-4-3-7-32-20/h3-7,10,12,18H,8-9,11,13-15H2,1-2H3. The number of esters is 1. The van der Waals surface area contributed by atoms with Crippen molar-refractivity contribution in [1.82, 2.24) is 9.47 Å². The summed E-state index contributed by atoms with van der Waals surface area (Å²) in [6.45, 7) is 4.93. The highest BCUT2D eigenvalue weighted by Gasteiger charge is 2.36. The molecule has 0 saturated carbocycles. The monoisotopic (exact) mass is 478 g/mol. The number of likely N-dealkylation sites (tertiary alicyclic amines) is 1. The van der Waals surface area contributed by atoms with Crippen LogP contribution in [-0.2, 0) is 20.9 Å². The number of ketones is 1. The Labute approximate surface area is 202 Å². The zero-order valence-electron chi connectivity index (χ0n) is 19.6. The molecule has 2 aliphatic heterocycles. The highest BCUT2D eigenvalue weighted by atomic mass is 16.6. The molecule has 1 unspecified atom stereocenters. The topological polar surface area (TPSA) is 100 Å². The molecule has 35 heavy (non-hydrogen) atoms. The summed E-state index contributed by atoms with van der Waals surface area (Å²) in [7, 11) is 0. The Bertz CT molecular complexity index is 1280. The predicted octanol–water partition coefficient (Wildman–Crippen LogP) is 3.23. The summed E-state index contributed by atoms with van der Waals surface area (Å²) < 4.78 is 23.8. The lowest BCUT2D eigenvalue weighted by atomic mass is 10.1. The number of nitrogens with zero attached hydrogens (tertiary/aromatic N) is 2. The Balaban J connectivity index is 1.23. The smallest absolute Gasteiger partial charge is 0.311 e. The minimum atomic E-state index is -0.601. The van der Waals surface area contributed by atoms with E-state index in [0.717, 1.165) is 17.1 Å². The molecule has 1 aromatic carbocycles. The molecule has 0 aliphatic carbocycles. The normalized spacial score (nSPS) is 17.0. The summed E-state index contributed by atoms with van der Waals surface area (Å²) in [5, 5.41) is 0. The number of fused-ring (bicyclic) bond motifs is 1. The third-order valence-corrected chi connectivity index (χ3v) is 6.34. The number of carbonyl (C=O) groups is 3. The van der Waals surface area contributed by atoms with Gasteiger partial charge < -0.3 is 28.1 Å². The fourth-order valence-electron chi connectivity index (χ4n) is 4.62. The molecule has 1 saturated heterocycles. The molecule has 1 amide bonds. The van der Waals surface area contributed by atoms with E-state index in [4.69, 9.17) is 18.6 Å². The number of aryl methyl sites for hydroxylation is 1. The van der Waals surface area contributed by atoms with Gasteiger partial charge >= 0.3 is 5.97 Å². The van der Waals surface area contributed by atoms with E-state index in [2.05, 4.69) is 0 Å². The SMILES string of the molecule is Cc1cc(C(=O)COC(=O)C2CC(=O)N(Cc3ccco3)C2)c(C)n1-c1ccc2c(c1)OCCO2. The molecule has 2 aliphatic rings. The van der Waals surface area contributed by atoms with Crippen LogP contribution in [-0.4, -0.2) is 53.5 Å². The van der Waals surface area contributed by atoms with Gasteiger partial charge in [-0.05, 0) is 44.2 Å². The zero-order chi connectivity index (χ0) is 24.5. The average molecular weight is 479 g/mol. The van der Waals surface area contributed by atoms with Gasteiger partial charge in [-0.15, -0.1) is 0 Å². The minimum absolute atomic E-state index is 0.0619. The molecule has 3 aromatic rings. The van der Waals surface area contributed by atoms with Crippen LogP contribution in [0.15, 0.2) is 47.1 Å². The summed E-state index contributed by atoms with van der Waals surface area (Å²) in [4.78, 5) is 39.3. The van der Waals surface area contributed by atoms with Crippen molar-refractivity contribution in [3.63, 3.8) is 0 Å². The van der Waals surface area contributed by atoms with Crippen LogP contribution in [0.3, 0.4) is 0 Å². The van der Waals surface area contributed by atoms with Crippen molar-refractivity contribution < 1.29 is 33.0 Å². The van der Waals surface area contributed by atoms with Crippen LogP contribution in [0.4, 0.5) is 0 Å². The number of Topliss-reactive ketones (excluding diaryl/α,β-unsaturated/α-hetero) is 1. The summed E-state index contributed by atoms with van der Waals surface area (Å²) in [6.07, 6.45) is 1.60. The molecule has 2 aromatic heterocycles. The molecule has 4 heterocycles. The maximum Gasteiger partial charge on any atom is 0.311 e. The van der Waals surface area contributed by atoms with E-state index in [9.17, 15) is 14.4 Å². The van der Waals surface area contributed by atoms with Crippen molar-refractivity contribution >= 4 is 17.7 Å². The van der Waals surface area contributed by atoms with E-state index in [1.807, 2.05) is 36.6 Å². The Morgan fingerprint density at radius 3 is 2.66 bits per heavy atom. The van der Waals surface area contributed by atoms with Gasteiger partial charge in [-0.25, -0.2) is 0 Å². The molecular formula is C26H26N2O7. The van der Waals surface area contributed by atoms with Crippen LogP contribution in [0.25, 0.3) is 5.69 Å². The second-order valence-electron chi connectivity index (χ2n) is 8.73. The lowest BCUT2D eigenvalue weighted by molar-refractivity contribution is -0.147. The number of furan rings is 1. The molecule has 182 valence electrons. The predicted molar refractivity (Wildman–Crippen MR) is 124 cm³/mol. The fraction of sp³-hybridized carbons (Fsp3) is 0.346. The maximum atomic E-state index is 12.9. The van der Waals surface area contributed by atoms with Crippen molar-refractivity contribution in [3.05, 3.63) is 65.4 Å². The van der Waals surface area contributed by atoms with E-state index in [1.54, 1.807) is 23.1 Å². The number of amides is 1. The van der Waals surface area contributed by atoms with Gasteiger partial charge in [0.05, 0.1) is 18.7 Å². The van der Waals surface area contributed by atoms with Gasteiger partial charge in [-0.2, -0.15) is 0 Å². The summed E-state index contributed by atoms with van der Waals surface area (Å²) in [5.41, 5.74) is 2.93. The number of hydrogen-bond donors (Lipinski definition) is 0. The molecule has 0 radical (unpaired) electrons. The number of rotatable bonds is 7. The second-order valence-corrected chi connectivity index (χ2v) is 8.73. The van der Waals surface area contributed by atoms with E-state index in [-0.39, 0.29) is 31.3 Å². The number of carbonyl (C=O) groups excluding carboxylic acids is 3. The number of hydrogen-bond acceptors (Lipinski definition) is 7. The Morgan fingerprint density at radius 1 is 1.09 bits per heavy atom. The minimum Gasteiger partial charge on any atom is -0.486 e. The van der Waals surface area contributed by atoms with E-state index in [0.29, 0.717) is 42.6 Å². The first kappa shape index (κ1) is 22.8. The third-order valence-electron chi connectivity index (χ3n) is 6.34. The number of ether oxygens (including phenoxy) is 3. The van der Waals surface area contributed by atoms with Gasteiger partial charge in [0.1, 0.15) is 19.0 Å². The van der Waals surface area contributed by atoms with Gasteiger partial charge in [0.15, 0.2) is 18.1 Å². The lowest BCUT2D eigenvalue weighted by Crippen LogP contribution is -2.27. The number of benzene rings is 1. The van der Waals surface area contributed by atoms with Crippen molar-refractivity contribution in [2.75, 3.05) is 26.4 Å². The van der Waals surface area contributed by atoms with Crippen LogP contribution >= 0.6 is 0 Å². The first-order chi connectivity index (χ1) is 16.9. The molecule has 1 atom stereocenters. The molecule has 9 nitrogen and oxygen atoms in total.